The van der Waals surface area contributed by atoms with Crippen molar-refractivity contribution in [1.29, 1.82) is 0 Å². The number of aliphatic hydroxyl groups excluding tert-OH is 1. The molecule has 4 N–H and O–H groups in total. The minimum Gasteiger partial charge on any atom is -0.394 e. The van der Waals surface area contributed by atoms with Crippen LogP contribution in [0.4, 0.5) is 11.4 Å². The topological polar surface area (TPSA) is 120 Å². The molecule has 1 fully saturated rings. The van der Waals surface area contributed by atoms with E-state index in [9.17, 15) is 14.7 Å². The number of morpholine rings is 1. The number of anilines is 2. The average Bonchev–Trinajstić information content (AvgIpc) is 3.22. The van der Waals surface area contributed by atoms with E-state index < -0.39 is 24.5 Å². The Bertz CT molecular complexity index is 726. The fourth-order valence-electron chi connectivity index (χ4n) is 2.62. The molecule has 0 spiro atoms. The van der Waals surface area contributed by atoms with Crippen molar-refractivity contribution in [1.82, 2.24) is 15.3 Å². The molecule has 1 aliphatic rings. The highest BCUT2D eigenvalue weighted by Gasteiger charge is 2.21. The smallest absolute Gasteiger partial charge is 0.270 e. The Morgan fingerprint density at radius 3 is 2.62 bits per heavy atom. The van der Waals surface area contributed by atoms with Crippen LogP contribution >= 0.6 is 0 Å². The number of aromatic amines is 1. The molecule has 2 aromatic rings. The van der Waals surface area contributed by atoms with Crippen LogP contribution in [0.15, 0.2) is 36.8 Å². The van der Waals surface area contributed by atoms with Crippen LogP contribution in [-0.2, 0) is 9.53 Å². The lowest BCUT2D eigenvalue weighted by Gasteiger charge is -2.29. The fraction of sp³-hybridized carbons (Fsp3) is 0.353. The molecule has 2 amide bonds. The van der Waals surface area contributed by atoms with Crippen molar-refractivity contribution in [2.45, 2.75) is 6.04 Å². The summed E-state index contributed by atoms with van der Waals surface area (Å²) in [5.74, 6) is -1.01. The van der Waals surface area contributed by atoms with Crippen LogP contribution in [0.5, 0.6) is 0 Å². The predicted molar refractivity (Wildman–Crippen MR) is 95.0 cm³/mol. The second kappa shape index (κ2) is 8.45. The van der Waals surface area contributed by atoms with Crippen molar-refractivity contribution in [2.75, 3.05) is 43.1 Å². The fourth-order valence-corrected chi connectivity index (χ4v) is 2.62. The van der Waals surface area contributed by atoms with E-state index in [0.717, 1.165) is 18.8 Å². The number of aromatic nitrogens is 2. The monoisotopic (exact) mass is 359 g/mol. The maximum atomic E-state index is 12.3. The van der Waals surface area contributed by atoms with E-state index in [1.807, 2.05) is 12.1 Å². The lowest BCUT2D eigenvalue weighted by molar-refractivity contribution is -0.118. The molecule has 1 aromatic heterocycles. The Kier molecular flexibility index (Phi) is 5.82. The molecular formula is C17H21N5O4. The van der Waals surface area contributed by atoms with E-state index >= 15 is 0 Å². The minimum absolute atomic E-state index is 0.214. The van der Waals surface area contributed by atoms with Gasteiger partial charge in [-0.1, -0.05) is 0 Å². The summed E-state index contributed by atoms with van der Waals surface area (Å²) in [6, 6.07) is 6.34. The normalized spacial score (nSPS) is 15.3. The molecule has 0 aliphatic carbocycles. The molecule has 0 bridgehead atoms. The molecule has 0 radical (unpaired) electrons. The number of H-pyrrole nitrogens is 1. The van der Waals surface area contributed by atoms with Gasteiger partial charge in [-0.2, -0.15) is 0 Å². The predicted octanol–water partition coefficient (Wildman–Crippen LogP) is -0.0243. The van der Waals surface area contributed by atoms with Gasteiger partial charge in [0, 0.05) is 24.5 Å². The van der Waals surface area contributed by atoms with Crippen molar-refractivity contribution >= 4 is 23.2 Å². The van der Waals surface area contributed by atoms with E-state index in [4.69, 9.17) is 4.74 Å². The lowest BCUT2D eigenvalue weighted by atomic mass is 10.2. The van der Waals surface area contributed by atoms with Crippen LogP contribution in [0.3, 0.4) is 0 Å². The maximum absolute atomic E-state index is 12.3. The van der Waals surface area contributed by atoms with Crippen LogP contribution in [-0.4, -0.2) is 65.8 Å². The molecule has 1 unspecified atom stereocenters. The second-order valence-corrected chi connectivity index (χ2v) is 5.81. The molecule has 1 aliphatic heterocycles. The molecule has 9 heteroatoms. The van der Waals surface area contributed by atoms with Crippen LogP contribution < -0.4 is 15.5 Å². The highest BCUT2D eigenvalue weighted by Crippen LogP contribution is 2.19. The molecule has 1 aromatic carbocycles. The molecule has 138 valence electrons. The molecule has 2 heterocycles. The Hall–Kier alpha value is -2.91. The van der Waals surface area contributed by atoms with Gasteiger partial charge < -0.3 is 30.4 Å². The quantitative estimate of drug-likeness (QED) is 0.575. The summed E-state index contributed by atoms with van der Waals surface area (Å²) in [6.07, 6.45) is 2.70. The summed E-state index contributed by atoms with van der Waals surface area (Å²) in [7, 11) is 0. The standard InChI is InChI=1S/C17H21N5O4/c23-10-15(21-16(24)14-9-18-11-19-14)17(25)20-12-1-3-13(4-2-12)22-5-7-26-8-6-22/h1-4,9,11,15,23H,5-8,10H2,(H,18,19)(H,20,25)(H,21,24). The Balaban J connectivity index is 1.57. The van der Waals surface area contributed by atoms with Gasteiger partial charge in [0.25, 0.3) is 5.91 Å². The summed E-state index contributed by atoms with van der Waals surface area (Å²) < 4.78 is 5.33. The molecule has 0 saturated carbocycles. The number of nitrogens with zero attached hydrogens (tertiary/aromatic N) is 2. The van der Waals surface area contributed by atoms with E-state index in [1.54, 1.807) is 12.1 Å². The van der Waals surface area contributed by atoms with Crippen molar-refractivity contribution < 1.29 is 19.4 Å². The third-order valence-corrected chi connectivity index (χ3v) is 4.06. The number of imidazole rings is 1. The Morgan fingerprint density at radius 1 is 1.27 bits per heavy atom. The first-order chi connectivity index (χ1) is 12.7. The first kappa shape index (κ1) is 17.9. The number of rotatable bonds is 6. The van der Waals surface area contributed by atoms with Crippen molar-refractivity contribution in [3.05, 3.63) is 42.5 Å². The van der Waals surface area contributed by atoms with Gasteiger partial charge >= 0.3 is 0 Å². The third-order valence-electron chi connectivity index (χ3n) is 4.06. The summed E-state index contributed by atoms with van der Waals surface area (Å²) >= 11 is 0. The van der Waals surface area contributed by atoms with Crippen LogP contribution in [0.1, 0.15) is 10.5 Å². The third kappa shape index (κ3) is 4.38. The number of amides is 2. The summed E-state index contributed by atoms with van der Waals surface area (Å²) in [5.41, 5.74) is 1.85. The highest BCUT2D eigenvalue weighted by molar-refractivity contribution is 6.00. The SMILES string of the molecule is O=C(NC(CO)C(=O)Nc1ccc(N2CCOCC2)cc1)c1cnc[nH]1. The van der Waals surface area contributed by atoms with E-state index in [-0.39, 0.29) is 5.69 Å². The van der Waals surface area contributed by atoms with Crippen molar-refractivity contribution in [3.63, 3.8) is 0 Å². The van der Waals surface area contributed by atoms with Gasteiger partial charge in [-0.25, -0.2) is 4.98 Å². The average molecular weight is 359 g/mol. The number of benzene rings is 1. The maximum Gasteiger partial charge on any atom is 0.270 e. The van der Waals surface area contributed by atoms with E-state index in [0.29, 0.717) is 18.9 Å². The lowest BCUT2D eigenvalue weighted by Crippen LogP contribution is -2.46. The number of hydrogen-bond acceptors (Lipinski definition) is 6. The van der Waals surface area contributed by atoms with Gasteiger partial charge in [0.05, 0.1) is 32.3 Å². The summed E-state index contributed by atoms with van der Waals surface area (Å²) in [4.78, 5) is 32.9. The zero-order valence-electron chi connectivity index (χ0n) is 14.1. The molecule has 1 saturated heterocycles. The number of carbonyl (C=O) groups is 2. The Labute approximate surface area is 150 Å². The van der Waals surface area contributed by atoms with Gasteiger partial charge in [-0.05, 0) is 24.3 Å². The number of ether oxygens (including phenoxy) is 1. The minimum atomic E-state index is -1.07. The van der Waals surface area contributed by atoms with E-state index in [2.05, 4.69) is 25.5 Å². The summed E-state index contributed by atoms with van der Waals surface area (Å²) in [6.45, 7) is 2.55. The van der Waals surface area contributed by atoms with Gasteiger partial charge in [0.2, 0.25) is 5.91 Å². The van der Waals surface area contributed by atoms with Crippen LogP contribution in [0.25, 0.3) is 0 Å². The summed E-state index contributed by atoms with van der Waals surface area (Å²) in [5, 5.41) is 14.6. The zero-order valence-corrected chi connectivity index (χ0v) is 14.1. The van der Waals surface area contributed by atoms with Gasteiger partial charge in [0.15, 0.2) is 0 Å². The highest BCUT2D eigenvalue weighted by atomic mass is 16.5. The van der Waals surface area contributed by atoms with Crippen molar-refractivity contribution in [3.8, 4) is 0 Å². The molecule has 26 heavy (non-hydrogen) atoms. The van der Waals surface area contributed by atoms with Crippen molar-refractivity contribution in [2.24, 2.45) is 0 Å². The van der Waals surface area contributed by atoms with Crippen LogP contribution in [0, 0.1) is 0 Å². The largest absolute Gasteiger partial charge is 0.394 e. The molecule has 9 nitrogen and oxygen atoms in total. The number of hydrogen-bond donors (Lipinski definition) is 4. The number of carbonyl (C=O) groups excluding carboxylic acids is 2. The molecular weight excluding hydrogens is 338 g/mol. The first-order valence-electron chi connectivity index (χ1n) is 8.31. The number of nitrogens with one attached hydrogen (secondary N) is 3. The second-order valence-electron chi connectivity index (χ2n) is 5.81. The zero-order chi connectivity index (χ0) is 18.4. The van der Waals surface area contributed by atoms with E-state index in [1.165, 1.54) is 12.5 Å². The molecule has 3 rings (SSSR count). The Morgan fingerprint density at radius 2 is 2.00 bits per heavy atom. The van der Waals surface area contributed by atoms with Gasteiger partial charge in [-0.15, -0.1) is 0 Å². The molecule has 1 atom stereocenters. The number of aliphatic hydroxyl groups is 1. The first-order valence-corrected chi connectivity index (χ1v) is 8.31. The van der Waals surface area contributed by atoms with Crippen LogP contribution in [0.2, 0.25) is 0 Å². The van der Waals surface area contributed by atoms with Gasteiger partial charge in [-0.3, -0.25) is 9.59 Å². The van der Waals surface area contributed by atoms with Gasteiger partial charge in [0.1, 0.15) is 11.7 Å².